The number of aryl methyl sites for hydroxylation is 1. The first-order valence-electron chi connectivity index (χ1n) is 13.5. The van der Waals surface area contributed by atoms with Crippen molar-refractivity contribution >= 4 is 60.4 Å². The molecular weight excluding hydrogens is 558 g/mol. The number of hydrogen-bond acceptors (Lipinski definition) is 10. The number of sulfonamides is 1. The summed E-state index contributed by atoms with van der Waals surface area (Å²) in [6, 6.07) is 13.5. The molecule has 1 fully saturated rings. The van der Waals surface area contributed by atoms with Gasteiger partial charge in [0.15, 0.2) is 0 Å². The Morgan fingerprint density at radius 2 is 1.76 bits per heavy atom. The number of benzene rings is 2. The molecule has 1 saturated heterocycles. The number of nitrogens with one attached hydrogen (secondary N) is 2. The average Bonchev–Trinajstić information content (AvgIpc) is 3.33. The molecule has 3 heterocycles. The Morgan fingerprint density at radius 3 is 2.44 bits per heavy atom. The van der Waals surface area contributed by atoms with Crippen LogP contribution in [0, 0.1) is 6.92 Å². The molecule has 0 saturated carbocycles. The first kappa shape index (κ1) is 29.1. The first-order valence-corrected chi connectivity index (χ1v) is 15.8. The highest BCUT2D eigenvalue weighted by Crippen LogP contribution is 2.37. The van der Waals surface area contributed by atoms with Gasteiger partial charge >= 0.3 is 0 Å². The van der Waals surface area contributed by atoms with Gasteiger partial charge in [0, 0.05) is 45.0 Å². The zero-order chi connectivity index (χ0) is 29.3. The summed E-state index contributed by atoms with van der Waals surface area (Å²) >= 11 is 1.52. The number of rotatable bonds is 9. The molecule has 12 heteroatoms. The Bertz CT molecular complexity index is 1650. The molecule has 5 rings (SSSR count). The number of nitrogens with zero attached hydrogens (tertiary/aromatic N) is 5. The van der Waals surface area contributed by atoms with E-state index in [2.05, 4.69) is 40.6 Å². The molecule has 0 unspecified atom stereocenters. The Hall–Kier alpha value is -3.45. The van der Waals surface area contributed by atoms with Gasteiger partial charge in [0.1, 0.15) is 21.3 Å². The molecule has 2 aromatic carbocycles. The van der Waals surface area contributed by atoms with Crippen LogP contribution in [0.3, 0.4) is 0 Å². The third-order valence-corrected chi connectivity index (χ3v) is 10.4. The summed E-state index contributed by atoms with van der Waals surface area (Å²) in [5.74, 6) is 1.72. The lowest BCUT2D eigenvalue weighted by molar-refractivity contribution is 0.249. The predicted molar refractivity (Wildman–Crippen MR) is 168 cm³/mol. The van der Waals surface area contributed by atoms with E-state index in [1.54, 1.807) is 31.4 Å². The Balaban J connectivity index is 1.45. The van der Waals surface area contributed by atoms with E-state index >= 15 is 0 Å². The van der Waals surface area contributed by atoms with Crippen LogP contribution in [0.4, 0.5) is 28.8 Å². The molecule has 1 aliphatic heterocycles. The molecule has 2 N–H and O–H groups in total. The molecule has 0 radical (unpaired) electrons. The van der Waals surface area contributed by atoms with Crippen molar-refractivity contribution in [1.29, 1.82) is 0 Å². The molecule has 0 spiro atoms. The van der Waals surface area contributed by atoms with Crippen LogP contribution in [0.25, 0.3) is 10.2 Å². The summed E-state index contributed by atoms with van der Waals surface area (Å²) in [5.41, 5.74) is 3.32. The van der Waals surface area contributed by atoms with Crippen LogP contribution in [0.1, 0.15) is 18.4 Å². The van der Waals surface area contributed by atoms with E-state index in [1.807, 2.05) is 24.4 Å². The van der Waals surface area contributed by atoms with E-state index in [4.69, 9.17) is 14.7 Å². The minimum absolute atomic E-state index is 0.175. The third kappa shape index (κ3) is 5.96. The maximum atomic E-state index is 13.0. The van der Waals surface area contributed by atoms with Crippen LogP contribution >= 0.6 is 11.3 Å². The standard InChI is InChI=1S/C29H37N7O3S2/c1-19-18-40-28-26(19)27(31-22-9-7-8-10-25(22)41(37,38)35(4)5)32-29(33-28)30-20-11-12-23(24(17-20)39-6)36-15-13-21(14-16-36)34(2)3/h7-12,17-18,21H,13-16H2,1-6H3,(H2,30,31,32,33). The highest BCUT2D eigenvalue weighted by atomic mass is 32.2. The summed E-state index contributed by atoms with van der Waals surface area (Å²) in [5, 5.41) is 9.50. The number of anilines is 5. The van der Waals surface area contributed by atoms with Gasteiger partial charge in [-0.15, -0.1) is 11.3 Å². The molecule has 0 atom stereocenters. The fourth-order valence-electron chi connectivity index (χ4n) is 5.12. The number of fused-ring (bicyclic) bond motifs is 1. The van der Waals surface area contributed by atoms with Gasteiger partial charge in [0.25, 0.3) is 0 Å². The number of thiophene rings is 1. The minimum atomic E-state index is -3.67. The fourth-order valence-corrected chi connectivity index (χ4v) is 7.08. The molecular formula is C29H37N7O3S2. The highest BCUT2D eigenvalue weighted by Gasteiger charge is 2.24. The summed E-state index contributed by atoms with van der Waals surface area (Å²) in [6.45, 7) is 3.95. The van der Waals surface area contributed by atoms with Crippen molar-refractivity contribution in [3.8, 4) is 5.75 Å². The lowest BCUT2D eigenvalue weighted by atomic mass is 10.0. The minimum Gasteiger partial charge on any atom is -0.495 e. The van der Waals surface area contributed by atoms with Crippen molar-refractivity contribution in [3.63, 3.8) is 0 Å². The Kier molecular flexibility index (Phi) is 8.37. The number of methoxy groups -OCH3 is 1. The topological polar surface area (TPSA) is 103 Å². The van der Waals surface area contributed by atoms with Crippen molar-refractivity contribution in [2.75, 3.05) is 63.9 Å². The van der Waals surface area contributed by atoms with Crippen molar-refractivity contribution in [3.05, 3.63) is 53.4 Å². The largest absolute Gasteiger partial charge is 0.495 e. The maximum absolute atomic E-state index is 13.0. The normalized spacial score (nSPS) is 14.7. The second-order valence-electron chi connectivity index (χ2n) is 10.6. The molecule has 0 amide bonds. The SMILES string of the molecule is COc1cc(Nc2nc(Nc3ccccc3S(=O)(=O)N(C)C)c3c(C)csc3n2)ccc1N1CCC(N(C)C)CC1. The zero-order valence-corrected chi connectivity index (χ0v) is 25.9. The van der Waals surface area contributed by atoms with Crippen LogP contribution in [0.5, 0.6) is 5.75 Å². The van der Waals surface area contributed by atoms with Gasteiger partial charge in [-0.05, 0) is 69.1 Å². The molecule has 10 nitrogen and oxygen atoms in total. The average molecular weight is 596 g/mol. The molecule has 41 heavy (non-hydrogen) atoms. The van der Waals surface area contributed by atoms with Crippen molar-refractivity contribution < 1.29 is 13.2 Å². The predicted octanol–water partition coefficient (Wildman–Crippen LogP) is 5.28. The molecule has 4 aromatic rings. The van der Waals surface area contributed by atoms with E-state index < -0.39 is 10.0 Å². The molecule has 0 aliphatic carbocycles. The van der Waals surface area contributed by atoms with Gasteiger partial charge in [0.2, 0.25) is 16.0 Å². The quantitative estimate of drug-likeness (QED) is 0.268. The summed E-state index contributed by atoms with van der Waals surface area (Å²) in [6.07, 6.45) is 2.22. The fraction of sp³-hybridized carbons (Fsp3) is 0.379. The van der Waals surface area contributed by atoms with Crippen LogP contribution in [-0.4, -0.2) is 82.0 Å². The van der Waals surface area contributed by atoms with Gasteiger partial charge in [-0.1, -0.05) is 12.1 Å². The van der Waals surface area contributed by atoms with Crippen molar-refractivity contribution in [2.24, 2.45) is 0 Å². The van der Waals surface area contributed by atoms with Gasteiger partial charge in [-0.25, -0.2) is 17.7 Å². The molecule has 2 aromatic heterocycles. The number of piperidine rings is 1. The van der Waals surface area contributed by atoms with Crippen molar-refractivity contribution in [1.82, 2.24) is 19.2 Å². The zero-order valence-electron chi connectivity index (χ0n) is 24.3. The summed E-state index contributed by atoms with van der Waals surface area (Å²) < 4.78 is 33.0. The van der Waals surface area contributed by atoms with Crippen LogP contribution in [-0.2, 0) is 10.0 Å². The summed E-state index contributed by atoms with van der Waals surface area (Å²) in [4.78, 5) is 15.2. The summed E-state index contributed by atoms with van der Waals surface area (Å²) in [7, 11) is 5.34. The van der Waals surface area contributed by atoms with E-state index in [1.165, 1.54) is 29.7 Å². The Morgan fingerprint density at radius 1 is 1.02 bits per heavy atom. The van der Waals surface area contributed by atoms with Gasteiger partial charge in [-0.2, -0.15) is 4.98 Å². The number of hydrogen-bond donors (Lipinski definition) is 2. The number of para-hydroxylation sites is 1. The number of ether oxygens (including phenoxy) is 1. The van der Waals surface area contributed by atoms with Gasteiger partial charge in [-0.3, -0.25) is 0 Å². The van der Waals surface area contributed by atoms with Crippen LogP contribution < -0.4 is 20.3 Å². The molecule has 218 valence electrons. The second-order valence-corrected chi connectivity index (χ2v) is 13.6. The van der Waals surface area contributed by atoms with E-state index in [0.717, 1.165) is 58.8 Å². The number of aromatic nitrogens is 2. The third-order valence-electron chi connectivity index (χ3n) is 7.49. The maximum Gasteiger partial charge on any atom is 0.244 e. The molecule has 1 aliphatic rings. The van der Waals surface area contributed by atoms with Crippen LogP contribution in [0.2, 0.25) is 0 Å². The molecule has 0 bridgehead atoms. The first-order chi connectivity index (χ1) is 19.6. The van der Waals surface area contributed by atoms with Crippen LogP contribution in [0.15, 0.2) is 52.7 Å². The lowest BCUT2D eigenvalue weighted by Crippen LogP contribution is -2.42. The van der Waals surface area contributed by atoms with Gasteiger partial charge < -0.3 is 25.2 Å². The highest BCUT2D eigenvalue weighted by molar-refractivity contribution is 7.89. The van der Waals surface area contributed by atoms with E-state index in [0.29, 0.717) is 23.5 Å². The van der Waals surface area contributed by atoms with Crippen molar-refractivity contribution in [2.45, 2.75) is 30.7 Å². The van der Waals surface area contributed by atoms with E-state index in [9.17, 15) is 8.42 Å². The lowest BCUT2D eigenvalue weighted by Gasteiger charge is -2.37. The Labute approximate surface area is 246 Å². The smallest absolute Gasteiger partial charge is 0.244 e. The second kappa shape index (κ2) is 11.8. The monoisotopic (exact) mass is 595 g/mol. The van der Waals surface area contributed by atoms with Gasteiger partial charge in [0.05, 0.1) is 23.9 Å². The van der Waals surface area contributed by atoms with E-state index in [-0.39, 0.29) is 4.90 Å².